The molecule has 0 atom stereocenters. The van der Waals surface area contributed by atoms with Crippen LogP contribution in [0.5, 0.6) is 0 Å². The average Bonchev–Trinajstić information content (AvgIpc) is 2.02. The highest BCUT2D eigenvalue weighted by molar-refractivity contribution is 5.33. The minimum atomic E-state index is -4.22. The van der Waals surface area contributed by atoms with Gasteiger partial charge in [-0.1, -0.05) is 31.0 Å². The third kappa shape index (κ3) is 2.50. The van der Waals surface area contributed by atoms with E-state index in [9.17, 15) is 13.2 Å². The van der Waals surface area contributed by atoms with Crippen LogP contribution in [0.3, 0.4) is 0 Å². The van der Waals surface area contributed by atoms with E-state index in [0.717, 1.165) is 12.0 Å². The summed E-state index contributed by atoms with van der Waals surface area (Å²) in [4.78, 5) is 0. The Labute approximate surface area is 81.8 Å². The Hall–Kier alpha value is -0.990. The molecule has 0 saturated heterocycles. The molecule has 0 N–H and O–H groups in total. The second kappa shape index (κ2) is 4.03. The van der Waals surface area contributed by atoms with E-state index in [-0.39, 0.29) is 0 Å². The predicted molar refractivity (Wildman–Crippen MR) is 50.2 cm³/mol. The van der Waals surface area contributed by atoms with Crippen molar-refractivity contribution in [1.29, 1.82) is 0 Å². The zero-order chi connectivity index (χ0) is 10.8. The van der Waals surface area contributed by atoms with Crippen molar-refractivity contribution in [3.63, 3.8) is 0 Å². The third-order valence-corrected chi connectivity index (χ3v) is 2.09. The fourth-order valence-corrected chi connectivity index (χ4v) is 1.48. The first kappa shape index (κ1) is 11.1. The minimum Gasteiger partial charge on any atom is -0.166 e. The van der Waals surface area contributed by atoms with Gasteiger partial charge in [0, 0.05) is 0 Å². The van der Waals surface area contributed by atoms with E-state index < -0.39 is 11.7 Å². The van der Waals surface area contributed by atoms with Gasteiger partial charge in [-0.05, 0) is 25.0 Å². The lowest BCUT2D eigenvalue weighted by molar-refractivity contribution is -0.138. The number of aryl methyl sites for hydroxylation is 2. The molecule has 1 aromatic carbocycles. The molecule has 0 aromatic heterocycles. The van der Waals surface area contributed by atoms with Crippen LogP contribution < -0.4 is 0 Å². The van der Waals surface area contributed by atoms with Crippen molar-refractivity contribution < 1.29 is 13.2 Å². The van der Waals surface area contributed by atoms with Crippen molar-refractivity contribution in [2.75, 3.05) is 0 Å². The molecule has 0 spiro atoms. The first-order chi connectivity index (χ1) is 6.45. The molecule has 78 valence electrons. The maximum absolute atomic E-state index is 12.5. The van der Waals surface area contributed by atoms with E-state index in [2.05, 4.69) is 0 Å². The number of benzene rings is 1. The summed E-state index contributed by atoms with van der Waals surface area (Å²) in [6.45, 7) is 3.68. The van der Waals surface area contributed by atoms with E-state index >= 15 is 0 Å². The van der Waals surface area contributed by atoms with Gasteiger partial charge in [-0.3, -0.25) is 0 Å². The summed E-state index contributed by atoms with van der Waals surface area (Å²) in [7, 11) is 0. The molecular formula is C11H13F3. The first-order valence-corrected chi connectivity index (χ1v) is 4.62. The van der Waals surface area contributed by atoms with E-state index in [4.69, 9.17) is 0 Å². The second-order valence-corrected chi connectivity index (χ2v) is 3.41. The lowest BCUT2D eigenvalue weighted by atomic mass is 10.0. The topological polar surface area (TPSA) is 0 Å². The van der Waals surface area contributed by atoms with Crippen molar-refractivity contribution in [1.82, 2.24) is 0 Å². The lowest BCUT2D eigenvalue weighted by Crippen LogP contribution is -2.09. The largest absolute Gasteiger partial charge is 0.416 e. The zero-order valence-electron chi connectivity index (χ0n) is 8.28. The molecule has 0 aliphatic heterocycles. The van der Waals surface area contributed by atoms with Crippen molar-refractivity contribution in [3.05, 3.63) is 34.9 Å². The van der Waals surface area contributed by atoms with Crippen LogP contribution in [0.25, 0.3) is 0 Å². The van der Waals surface area contributed by atoms with Gasteiger partial charge < -0.3 is 0 Å². The van der Waals surface area contributed by atoms with Gasteiger partial charge in [-0.25, -0.2) is 0 Å². The molecule has 3 heteroatoms. The molecule has 0 amide bonds. The number of rotatable bonds is 2. The standard InChI is InChI=1S/C11H13F3/c1-3-4-9-7-8(2)5-6-10(9)11(12,13)14/h5-7H,3-4H2,1-2H3. The SMILES string of the molecule is CCCc1cc(C)ccc1C(F)(F)F. The second-order valence-electron chi connectivity index (χ2n) is 3.41. The fourth-order valence-electron chi connectivity index (χ4n) is 1.48. The molecule has 0 aliphatic rings. The molecule has 0 unspecified atom stereocenters. The summed E-state index contributed by atoms with van der Waals surface area (Å²) in [6, 6.07) is 4.29. The zero-order valence-corrected chi connectivity index (χ0v) is 8.28. The number of halogens is 3. The van der Waals surface area contributed by atoms with E-state index in [1.165, 1.54) is 12.1 Å². The Bertz CT molecular complexity index is 313. The highest BCUT2D eigenvalue weighted by Crippen LogP contribution is 2.32. The monoisotopic (exact) mass is 202 g/mol. The van der Waals surface area contributed by atoms with Crippen LogP contribution in [0.2, 0.25) is 0 Å². The van der Waals surface area contributed by atoms with Gasteiger partial charge in [0.05, 0.1) is 5.56 Å². The average molecular weight is 202 g/mol. The number of hydrogen-bond donors (Lipinski definition) is 0. The van der Waals surface area contributed by atoms with Gasteiger partial charge in [-0.15, -0.1) is 0 Å². The Morgan fingerprint density at radius 1 is 1.21 bits per heavy atom. The maximum atomic E-state index is 12.5. The van der Waals surface area contributed by atoms with Crippen LogP contribution in [0, 0.1) is 6.92 Å². The van der Waals surface area contributed by atoms with Gasteiger partial charge >= 0.3 is 6.18 Å². The lowest BCUT2D eigenvalue weighted by Gasteiger charge is -2.12. The van der Waals surface area contributed by atoms with Crippen molar-refractivity contribution in [3.8, 4) is 0 Å². The molecule has 1 aromatic rings. The van der Waals surface area contributed by atoms with E-state index in [1.807, 2.05) is 6.92 Å². The van der Waals surface area contributed by atoms with E-state index in [1.54, 1.807) is 13.0 Å². The summed E-state index contributed by atoms with van der Waals surface area (Å²) in [5, 5.41) is 0. The molecule has 0 bridgehead atoms. The molecule has 0 radical (unpaired) electrons. The summed E-state index contributed by atoms with van der Waals surface area (Å²) in [5.41, 5.74) is 0.784. The number of alkyl halides is 3. The molecule has 0 heterocycles. The molecule has 14 heavy (non-hydrogen) atoms. The Balaban J connectivity index is 3.15. The smallest absolute Gasteiger partial charge is 0.166 e. The van der Waals surface area contributed by atoms with Crippen molar-refractivity contribution in [2.24, 2.45) is 0 Å². The Morgan fingerprint density at radius 3 is 2.36 bits per heavy atom. The van der Waals surface area contributed by atoms with Crippen LogP contribution in [-0.2, 0) is 12.6 Å². The Kier molecular flexibility index (Phi) is 3.19. The fraction of sp³-hybridized carbons (Fsp3) is 0.455. The van der Waals surface area contributed by atoms with Crippen LogP contribution >= 0.6 is 0 Å². The molecule has 1 rings (SSSR count). The number of hydrogen-bond acceptors (Lipinski definition) is 0. The van der Waals surface area contributed by atoms with E-state index in [0.29, 0.717) is 12.0 Å². The molecule has 0 nitrogen and oxygen atoms in total. The van der Waals surface area contributed by atoms with Gasteiger partial charge in [0.15, 0.2) is 0 Å². The quantitative estimate of drug-likeness (QED) is 0.680. The highest BCUT2D eigenvalue weighted by Gasteiger charge is 2.32. The predicted octanol–water partition coefficient (Wildman–Crippen LogP) is 3.97. The van der Waals surface area contributed by atoms with Gasteiger partial charge in [-0.2, -0.15) is 13.2 Å². The van der Waals surface area contributed by atoms with Gasteiger partial charge in [0.25, 0.3) is 0 Å². The minimum absolute atomic E-state index is 0.403. The van der Waals surface area contributed by atoms with Crippen LogP contribution in [-0.4, -0.2) is 0 Å². The summed E-state index contributed by atoms with van der Waals surface area (Å²) in [5.74, 6) is 0. The summed E-state index contributed by atoms with van der Waals surface area (Å²) < 4.78 is 37.5. The molecular weight excluding hydrogens is 189 g/mol. The normalized spacial score (nSPS) is 11.8. The maximum Gasteiger partial charge on any atom is 0.416 e. The Morgan fingerprint density at radius 2 is 1.86 bits per heavy atom. The van der Waals surface area contributed by atoms with Gasteiger partial charge in [0.1, 0.15) is 0 Å². The highest BCUT2D eigenvalue weighted by atomic mass is 19.4. The molecule has 0 saturated carbocycles. The van der Waals surface area contributed by atoms with Crippen LogP contribution in [0.15, 0.2) is 18.2 Å². The van der Waals surface area contributed by atoms with Gasteiger partial charge in [0.2, 0.25) is 0 Å². The first-order valence-electron chi connectivity index (χ1n) is 4.62. The molecule has 0 aliphatic carbocycles. The van der Waals surface area contributed by atoms with Crippen molar-refractivity contribution >= 4 is 0 Å². The molecule has 0 fully saturated rings. The summed E-state index contributed by atoms with van der Waals surface area (Å²) in [6.07, 6.45) is -3.01. The van der Waals surface area contributed by atoms with Crippen LogP contribution in [0.4, 0.5) is 13.2 Å². The van der Waals surface area contributed by atoms with Crippen molar-refractivity contribution in [2.45, 2.75) is 32.9 Å². The third-order valence-electron chi connectivity index (χ3n) is 2.09. The van der Waals surface area contributed by atoms with Crippen LogP contribution in [0.1, 0.15) is 30.0 Å². The summed E-state index contributed by atoms with van der Waals surface area (Å²) >= 11 is 0.